The molecule has 3 nitrogen and oxygen atoms in total. The lowest BCUT2D eigenvalue weighted by Gasteiger charge is -2.21. The molecule has 0 atom stereocenters. The summed E-state index contributed by atoms with van der Waals surface area (Å²) in [7, 11) is 0. The Bertz CT molecular complexity index is 465. The number of amides is 1. The summed E-state index contributed by atoms with van der Waals surface area (Å²) >= 11 is 0. The van der Waals surface area contributed by atoms with Crippen LogP contribution >= 0.6 is 0 Å². The third-order valence-corrected chi connectivity index (χ3v) is 3.48. The molecule has 1 aromatic rings. The first-order valence-corrected chi connectivity index (χ1v) is 6.58. The highest BCUT2D eigenvalue weighted by Gasteiger charge is 2.22. The van der Waals surface area contributed by atoms with Gasteiger partial charge in [-0.3, -0.25) is 4.79 Å². The molecule has 0 spiro atoms. The lowest BCUT2D eigenvalue weighted by atomic mass is 10.1. The minimum atomic E-state index is -0.790. The number of benzene rings is 1. The second kappa shape index (κ2) is 6.10. The molecule has 0 N–H and O–H groups in total. The van der Waals surface area contributed by atoms with Gasteiger partial charge in [0.25, 0.3) is 5.91 Å². The molecule has 0 bridgehead atoms. The van der Waals surface area contributed by atoms with Crippen LogP contribution in [0, 0.1) is 11.6 Å². The zero-order chi connectivity index (χ0) is 13.8. The van der Waals surface area contributed by atoms with E-state index in [9.17, 15) is 13.6 Å². The highest BCUT2D eigenvalue weighted by Crippen LogP contribution is 2.14. The van der Waals surface area contributed by atoms with Gasteiger partial charge in [0.2, 0.25) is 0 Å². The molecule has 0 saturated carbocycles. The van der Waals surface area contributed by atoms with E-state index in [1.54, 1.807) is 4.90 Å². The average Bonchev–Trinajstić information content (AvgIpc) is 2.63. The normalized spacial score (nSPS) is 17.3. The third-order valence-electron chi connectivity index (χ3n) is 3.48. The summed E-state index contributed by atoms with van der Waals surface area (Å²) < 4.78 is 26.4. The number of likely N-dealkylation sites (N-methyl/N-ethyl adjacent to an activating group) is 1. The molecule has 1 saturated heterocycles. The average molecular weight is 268 g/mol. The van der Waals surface area contributed by atoms with Crippen molar-refractivity contribution in [1.29, 1.82) is 0 Å². The van der Waals surface area contributed by atoms with Gasteiger partial charge in [-0.05, 0) is 31.6 Å². The Morgan fingerprint density at radius 3 is 2.68 bits per heavy atom. The zero-order valence-corrected chi connectivity index (χ0v) is 11.0. The van der Waals surface area contributed by atoms with E-state index in [0.717, 1.165) is 38.2 Å². The lowest BCUT2D eigenvalue weighted by Crippen LogP contribution is -2.35. The highest BCUT2D eigenvalue weighted by molar-refractivity contribution is 5.94. The first kappa shape index (κ1) is 13.9. The molecule has 0 unspecified atom stereocenters. The summed E-state index contributed by atoms with van der Waals surface area (Å²) in [6, 6.07) is 3.09. The first-order valence-electron chi connectivity index (χ1n) is 6.58. The molecular weight excluding hydrogens is 250 g/mol. The van der Waals surface area contributed by atoms with Crippen molar-refractivity contribution in [2.24, 2.45) is 0 Å². The van der Waals surface area contributed by atoms with Crippen LogP contribution in [0.2, 0.25) is 0 Å². The number of nitrogens with zero attached hydrogens (tertiary/aromatic N) is 2. The molecule has 19 heavy (non-hydrogen) atoms. The van der Waals surface area contributed by atoms with E-state index in [-0.39, 0.29) is 11.5 Å². The molecule has 1 aromatic carbocycles. The van der Waals surface area contributed by atoms with Gasteiger partial charge in [0.05, 0.1) is 5.56 Å². The molecule has 2 rings (SSSR count). The predicted octanol–water partition coefficient (Wildman–Crippen LogP) is 2.13. The van der Waals surface area contributed by atoms with E-state index >= 15 is 0 Å². The Labute approximate surface area is 111 Å². The molecule has 104 valence electrons. The second-order valence-corrected chi connectivity index (χ2v) is 4.70. The van der Waals surface area contributed by atoms with Crippen LogP contribution in [0.15, 0.2) is 18.2 Å². The van der Waals surface area contributed by atoms with E-state index in [4.69, 9.17) is 0 Å². The molecule has 0 aliphatic carbocycles. The summed E-state index contributed by atoms with van der Waals surface area (Å²) in [6.07, 6.45) is 0.877. The summed E-state index contributed by atoms with van der Waals surface area (Å²) in [4.78, 5) is 16.1. The van der Waals surface area contributed by atoms with Crippen LogP contribution in [0.3, 0.4) is 0 Å². The number of hydrogen-bond acceptors (Lipinski definition) is 2. The van der Waals surface area contributed by atoms with Gasteiger partial charge in [-0.1, -0.05) is 6.92 Å². The Kier molecular flexibility index (Phi) is 4.47. The largest absolute Gasteiger partial charge is 0.337 e. The SMILES string of the molecule is CCN1CCCN(C(=O)c2ccc(F)cc2F)CC1. The summed E-state index contributed by atoms with van der Waals surface area (Å²) in [6.45, 7) is 5.98. The minimum absolute atomic E-state index is 0.0497. The topological polar surface area (TPSA) is 23.6 Å². The Morgan fingerprint density at radius 1 is 1.21 bits per heavy atom. The van der Waals surface area contributed by atoms with Gasteiger partial charge in [0, 0.05) is 25.7 Å². The quantitative estimate of drug-likeness (QED) is 0.820. The van der Waals surface area contributed by atoms with E-state index in [1.807, 2.05) is 0 Å². The van der Waals surface area contributed by atoms with Gasteiger partial charge in [-0.15, -0.1) is 0 Å². The predicted molar refractivity (Wildman–Crippen MR) is 69.0 cm³/mol. The second-order valence-electron chi connectivity index (χ2n) is 4.70. The van der Waals surface area contributed by atoms with Gasteiger partial charge < -0.3 is 9.80 Å². The fourth-order valence-electron chi connectivity index (χ4n) is 2.32. The van der Waals surface area contributed by atoms with E-state index in [1.165, 1.54) is 6.07 Å². The van der Waals surface area contributed by atoms with Crippen LogP contribution in [0.5, 0.6) is 0 Å². The van der Waals surface area contributed by atoms with Crippen molar-refractivity contribution in [3.63, 3.8) is 0 Å². The number of halogens is 2. The van der Waals surface area contributed by atoms with E-state index in [0.29, 0.717) is 13.1 Å². The Hall–Kier alpha value is -1.49. The molecule has 1 aliphatic heterocycles. The number of carbonyl (C=O) groups excluding carboxylic acids is 1. The van der Waals surface area contributed by atoms with Crippen LogP contribution in [-0.2, 0) is 0 Å². The van der Waals surface area contributed by atoms with Crippen molar-refractivity contribution >= 4 is 5.91 Å². The molecule has 1 aliphatic rings. The zero-order valence-electron chi connectivity index (χ0n) is 11.0. The lowest BCUT2D eigenvalue weighted by molar-refractivity contribution is 0.0757. The van der Waals surface area contributed by atoms with Gasteiger partial charge in [0.15, 0.2) is 0 Å². The van der Waals surface area contributed by atoms with Crippen molar-refractivity contribution in [2.45, 2.75) is 13.3 Å². The van der Waals surface area contributed by atoms with E-state index < -0.39 is 11.6 Å². The monoisotopic (exact) mass is 268 g/mol. The standard InChI is InChI=1S/C14H18F2N2O/c1-2-17-6-3-7-18(9-8-17)14(19)12-5-4-11(15)10-13(12)16/h4-5,10H,2-3,6-9H2,1H3. The van der Waals surface area contributed by atoms with E-state index in [2.05, 4.69) is 11.8 Å². The van der Waals surface area contributed by atoms with Gasteiger partial charge >= 0.3 is 0 Å². The number of rotatable bonds is 2. The minimum Gasteiger partial charge on any atom is -0.337 e. The fraction of sp³-hybridized carbons (Fsp3) is 0.500. The maximum absolute atomic E-state index is 13.6. The van der Waals surface area contributed by atoms with Gasteiger partial charge in [-0.2, -0.15) is 0 Å². The van der Waals surface area contributed by atoms with Crippen LogP contribution in [0.25, 0.3) is 0 Å². The molecule has 1 fully saturated rings. The number of hydrogen-bond donors (Lipinski definition) is 0. The maximum atomic E-state index is 13.6. The molecule has 1 amide bonds. The summed E-state index contributed by atoms with van der Waals surface area (Å²) in [5.41, 5.74) is -0.0497. The van der Waals surface area contributed by atoms with Crippen molar-refractivity contribution in [3.8, 4) is 0 Å². The Morgan fingerprint density at radius 2 is 2.00 bits per heavy atom. The number of carbonyl (C=O) groups is 1. The summed E-state index contributed by atoms with van der Waals surface area (Å²) in [5.74, 6) is -1.81. The van der Waals surface area contributed by atoms with Crippen LogP contribution in [0.1, 0.15) is 23.7 Å². The van der Waals surface area contributed by atoms with Crippen LogP contribution in [-0.4, -0.2) is 48.4 Å². The Balaban J connectivity index is 2.10. The molecule has 0 aromatic heterocycles. The molecule has 1 heterocycles. The molecular formula is C14H18F2N2O. The first-order chi connectivity index (χ1) is 9.11. The van der Waals surface area contributed by atoms with Crippen molar-refractivity contribution in [1.82, 2.24) is 9.80 Å². The van der Waals surface area contributed by atoms with Crippen molar-refractivity contribution < 1.29 is 13.6 Å². The van der Waals surface area contributed by atoms with Crippen LogP contribution in [0.4, 0.5) is 8.78 Å². The van der Waals surface area contributed by atoms with Crippen LogP contribution < -0.4 is 0 Å². The third kappa shape index (κ3) is 3.29. The fourth-order valence-corrected chi connectivity index (χ4v) is 2.32. The van der Waals surface area contributed by atoms with Crippen molar-refractivity contribution in [2.75, 3.05) is 32.7 Å². The molecule has 5 heteroatoms. The highest BCUT2D eigenvalue weighted by atomic mass is 19.1. The smallest absolute Gasteiger partial charge is 0.256 e. The van der Waals surface area contributed by atoms with Gasteiger partial charge in [0.1, 0.15) is 11.6 Å². The molecule has 0 radical (unpaired) electrons. The summed E-state index contributed by atoms with van der Waals surface area (Å²) in [5, 5.41) is 0. The maximum Gasteiger partial charge on any atom is 0.256 e. The van der Waals surface area contributed by atoms with Gasteiger partial charge in [-0.25, -0.2) is 8.78 Å². The van der Waals surface area contributed by atoms with Crippen molar-refractivity contribution in [3.05, 3.63) is 35.4 Å².